The number of halogens is 1. The topological polar surface area (TPSA) is 124 Å². The molecule has 136 valence electrons. The summed E-state index contributed by atoms with van der Waals surface area (Å²) in [6, 6.07) is 11.2. The van der Waals surface area contributed by atoms with Gasteiger partial charge in [0.25, 0.3) is 5.91 Å². The van der Waals surface area contributed by atoms with Crippen molar-refractivity contribution in [3.63, 3.8) is 0 Å². The molecule has 0 aliphatic carbocycles. The molecule has 3 rings (SSSR count). The van der Waals surface area contributed by atoms with Crippen molar-refractivity contribution in [1.29, 1.82) is 0 Å². The number of aromatic hydroxyl groups is 1. The van der Waals surface area contributed by atoms with Gasteiger partial charge in [0.2, 0.25) is 0 Å². The summed E-state index contributed by atoms with van der Waals surface area (Å²) in [6.07, 6.45) is 0. The number of carbonyl (C=O) groups is 3. The monoisotopic (exact) mass is 385 g/mol. The first-order valence-corrected chi connectivity index (χ1v) is 7.99. The Labute approximate surface area is 157 Å². The van der Waals surface area contributed by atoms with E-state index in [2.05, 4.69) is 5.32 Å². The van der Waals surface area contributed by atoms with Gasteiger partial charge in [0.1, 0.15) is 5.75 Å². The summed E-state index contributed by atoms with van der Waals surface area (Å²) in [5.74, 6) is -3.74. The number of rotatable bonds is 4. The number of amides is 1. The van der Waals surface area contributed by atoms with E-state index in [-0.39, 0.29) is 33.1 Å². The molecule has 0 radical (unpaired) electrons. The van der Waals surface area contributed by atoms with Crippen LogP contribution < -0.4 is 5.32 Å². The zero-order chi connectivity index (χ0) is 19.7. The zero-order valence-corrected chi connectivity index (χ0v) is 14.3. The molecule has 0 unspecified atom stereocenters. The number of carbonyl (C=O) groups excluding carboxylic acids is 1. The predicted molar refractivity (Wildman–Crippen MR) is 98.9 cm³/mol. The molecule has 3 aromatic carbocycles. The van der Waals surface area contributed by atoms with E-state index >= 15 is 0 Å². The van der Waals surface area contributed by atoms with Crippen LogP contribution in [0.3, 0.4) is 0 Å². The lowest BCUT2D eigenvalue weighted by molar-refractivity contribution is 0.0696. The Morgan fingerprint density at radius 1 is 0.852 bits per heavy atom. The Morgan fingerprint density at radius 2 is 1.41 bits per heavy atom. The van der Waals surface area contributed by atoms with Gasteiger partial charge >= 0.3 is 11.9 Å². The molecule has 1 amide bonds. The van der Waals surface area contributed by atoms with Crippen molar-refractivity contribution in [3.05, 3.63) is 70.2 Å². The largest absolute Gasteiger partial charge is 0.506 e. The summed E-state index contributed by atoms with van der Waals surface area (Å²) in [7, 11) is 0. The van der Waals surface area contributed by atoms with Gasteiger partial charge in [0.15, 0.2) is 0 Å². The maximum Gasteiger partial charge on any atom is 0.335 e. The number of hydrogen-bond acceptors (Lipinski definition) is 4. The molecule has 0 aromatic heterocycles. The number of carboxylic acids is 2. The van der Waals surface area contributed by atoms with Crippen molar-refractivity contribution in [2.24, 2.45) is 0 Å². The van der Waals surface area contributed by atoms with Crippen molar-refractivity contribution >= 4 is 45.9 Å². The van der Waals surface area contributed by atoms with Gasteiger partial charge < -0.3 is 20.6 Å². The summed E-state index contributed by atoms with van der Waals surface area (Å²) >= 11 is 6.17. The lowest BCUT2D eigenvalue weighted by Crippen LogP contribution is -2.14. The fourth-order valence-corrected chi connectivity index (χ4v) is 2.91. The van der Waals surface area contributed by atoms with Gasteiger partial charge in [-0.05, 0) is 24.3 Å². The van der Waals surface area contributed by atoms with E-state index in [9.17, 15) is 19.5 Å². The predicted octanol–water partition coefficient (Wildman–Crippen LogP) is 3.85. The quantitative estimate of drug-likeness (QED) is 0.540. The van der Waals surface area contributed by atoms with E-state index in [0.717, 1.165) is 18.2 Å². The Bertz CT molecular complexity index is 1080. The van der Waals surface area contributed by atoms with Crippen LogP contribution in [0.4, 0.5) is 5.69 Å². The van der Waals surface area contributed by atoms with Crippen LogP contribution in [0.5, 0.6) is 5.75 Å². The van der Waals surface area contributed by atoms with E-state index in [4.69, 9.17) is 21.8 Å². The van der Waals surface area contributed by atoms with Crippen LogP contribution >= 0.6 is 11.6 Å². The number of aromatic carboxylic acids is 2. The average Bonchev–Trinajstić information content (AvgIpc) is 2.64. The summed E-state index contributed by atoms with van der Waals surface area (Å²) in [5.41, 5.74) is -0.769. The van der Waals surface area contributed by atoms with Crippen LogP contribution in [0.15, 0.2) is 48.5 Å². The first-order valence-electron chi connectivity index (χ1n) is 7.61. The smallest absolute Gasteiger partial charge is 0.335 e. The lowest BCUT2D eigenvalue weighted by Gasteiger charge is -2.11. The molecule has 7 nitrogen and oxygen atoms in total. The second kappa shape index (κ2) is 6.97. The zero-order valence-electron chi connectivity index (χ0n) is 13.6. The summed E-state index contributed by atoms with van der Waals surface area (Å²) in [4.78, 5) is 34.9. The standard InChI is InChI=1S/C19H12ClNO6/c20-15-8-14(16(22)13-4-2-1-3-12(13)15)17(23)21-11-6-9(18(24)25)5-10(7-11)19(26)27/h1-8,22H,(H,21,23)(H,24,25)(H,26,27). The van der Waals surface area contributed by atoms with Crippen LogP contribution in [0, 0.1) is 0 Å². The van der Waals surface area contributed by atoms with Crippen molar-refractivity contribution in [3.8, 4) is 5.75 Å². The van der Waals surface area contributed by atoms with Gasteiger partial charge in [-0.2, -0.15) is 0 Å². The second-order valence-electron chi connectivity index (χ2n) is 5.66. The van der Waals surface area contributed by atoms with Crippen LogP contribution in [0.1, 0.15) is 31.1 Å². The molecule has 0 atom stereocenters. The van der Waals surface area contributed by atoms with Crippen LogP contribution in [-0.2, 0) is 0 Å². The number of fused-ring (bicyclic) bond motifs is 1. The Morgan fingerprint density at radius 3 is 1.96 bits per heavy atom. The number of carboxylic acid groups (broad SMARTS) is 2. The number of nitrogens with one attached hydrogen (secondary N) is 1. The third-order valence-corrected chi connectivity index (χ3v) is 4.21. The third-order valence-electron chi connectivity index (χ3n) is 3.90. The molecule has 0 aliphatic rings. The number of anilines is 1. The molecule has 0 aliphatic heterocycles. The molecular formula is C19H12ClNO6. The van der Waals surface area contributed by atoms with E-state index in [1.54, 1.807) is 24.3 Å². The number of benzene rings is 3. The highest BCUT2D eigenvalue weighted by Crippen LogP contribution is 2.34. The molecule has 0 fully saturated rings. The van der Waals surface area contributed by atoms with E-state index < -0.39 is 17.8 Å². The molecule has 8 heteroatoms. The second-order valence-corrected chi connectivity index (χ2v) is 6.07. The molecular weight excluding hydrogens is 374 g/mol. The summed E-state index contributed by atoms with van der Waals surface area (Å²) in [5, 5.41) is 32.2. The maximum absolute atomic E-state index is 12.6. The molecule has 0 saturated carbocycles. The molecule has 3 aromatic rings. The van der Waals surface area contributed by atoms with Gasteiger partial charge in [0, 0.05) is 21.5 Å². The van der Waals surface area contributed by atoms with E-state index in [0.29, 0.717) is 10.8 Å². The third kappa shape index (κ3) is 3.54. The first-order chi connectivity index (χ1) is 12.8. The van der Waals surface area contributed by atoms with Crippen molar-refractivity contribution in [2.75, 3.05) is 5.32 Å². The van der Waals surface area contributed by atoms with Gasteiger partial charge in [-0.15, -0.1) is 0 Å². The fraction of sp³-hybridized carbons (Fsp3) is 0. The van der Waals surface area contributed by atoms with Crippen molar-refractivity contribution < 1.29 is 29.7 Å². The van der Waals surface area contributed by atoms with Crippen LogP contribution in [-0.4, -0.2) is 33.2 Å². The van der Waals surface area contributed by atoms with Crippen LogP contribution in [0.2, 0.25) is 5.02 Å². The number of phenols is 1. The highest BCUT2D eigenvalue weighted by Gasteiger charge is 2.18. The average molecular weight is 386 g/mol. The van der Waals surface area contributed by atoms with Crippen molar-refractivity contribution in [1.82, 2.24) is 0 Å². The normalized spacial score (nSPS) is 10.6. The first kappa shape index (κ1) is 18.2. The van der Waals surface area contributed by atoms with Gasteiger partial charge in [-0.3, -0.25) is 4.79 Å². The lowest BCUT2D eigenvalue weighted by atomic mass is 10.0. The van der Waals surface area contributed by atoms with Crippen molar-refractivity contribution in [2.45, 2.75) is 0 Å². The maximum atomic E-state index is 12.6. The summed E-state index contributed by atoms with van der Waals surface area (Å²) < 4.78 is 0. The van der Waals surface area contributed by atoms with Gasteiger partial charge in [-0.1, -0.05) is 35.9 Å². The molecule has 0 heterocycles. The van der Waals surface area contributed by atoms with Crippen LogP contribution in [0.25, 0.3) is 10.8 Å². The molecule has 4 N–H and O–H groups in total. The molecule has 0 saturated heterocycles. The number of phenolic OH excluding ortho intramolecular Hbond substituents is 1. The highest BCUT2D eigenvalue weighted by atomic mass is 35.5. The number of hydrogen-bond donors (Lipinski definition) is 4. The fourth-order valence-electron chi connectivity index (χ4n) is 2.63. The van der Waals surface area contributed by atoms with E-state index in [1.807, 2.05) is 0 Å². The minimum Gasteiger partial charge on any atom is -0.506 e. The Hall–Kier alpha value is -3.58. The minimum atomic E-state index is -1.34. The Kier molecular flexibility index (Phi) is 4.70. The Balaban J connectivity index is 2.03. The van der Waals surface area contributed by atoms with E-state index in [1.165, 1.54) is 6.07 Å². The molecule has 0 spiro atoms. The summed E-state index contributed by atoms with van der Waals surface area (Å²) in [6.45, 7) is 0. The molecule has 0 bridgehead atoms. The minimum absolute atomic E-state index is 0.0408. The molecule has 27 heavy (non-hydrogen) atoms. The van der Waals surface area contributed by atoms with Gasteiger partial charge in [-0.25, -0.2) is 9.59 Å². The SMILES string of the molecule is O=C(O)c1cc(NC(=O)c2cc(Cl)c3ccccc3c2O)cc(C(=O)O)c1. The highest BCUT2D eigenvalue weighted by molar-refractivity contribution is 6.36. The van der Waals surface area contributed by atoms with Gasteiger partial charge in [0.05, 0.1) is 16.7 Å².